The van der Waals surface area contributed by atoms with Crippen LogP contribution >= 0.6 is 0 Å². The van der Waals surface area contributed by atoms with Gasteiger partial charge in [0.2, 0.25) is 11.8 Å². The highest BCUT2D eigenvalue weighted by molar-refractivity contribution is 6.00. The molecule has 96 valence electrons. The van der Waals surface area contributed by atoms with Crippen LogP contribution < -0.4 is 11.1 Å². The van der Waals surface area contributed by atoms with Crippen LogP contribution in [0.15, 0.2) is 5.16 Å². The molecule has 7 nitrogen and oxygen atoms in total. The molecule has 4 N–H and O–H groups in total. The molecule has 1 fully saturated rings. The maximum Gasteiger partial charge on any atom is 0.246 e. The van der Waals surface area contributed by atoms with Crippen LogP contribution in [0.4, 0.5) is 0 Å². The monoisotopic (exact) mass is 242 g/mol. The van der Waals surface area contributed by atoms with Gasteiger partial charge in [-0.1, -0.05) is 5.16 Å². The molecular weight excluding hydrogens is 224 g/mol. The van der Waals surface area contributed by atoms with E-state index in [0.717, 1.165) is 4.90 Å². The van der Waals surface area contributed by atoms with Crippen LogP contribution in [0.3, 0.4) is 0 Å². The number of carbonyl (C=O) groups is 2. The number of hydrogen-bond acceptors (Lipinski definition) is 5. The fourth-order valence-corrected chi connectivity index (χ4v) is 1.83. The summed E-state index contributed by atoms with van der Waals surface area (Å²) < 4.78 is 0. The van der Waals surface area contributed by atoms with Gasteiger partial charge in [0.05, 0.1) is 6.04 Å². The van der Waals surface area contributed by atoms with E-state index >= 15 is 0 Å². The predicted molar refractivity (Wildman–Crippen MR) is 61.4 cm³/mol. The third kappa shape index (κ3) is 3.42. The summed E-state index contributed by atoms with van der Waals surface area (Å²) in [6.45, 7) is 1.84. The Morgan fingerprint density at radius 1 is 1.71 bits per heavy atom. The normalized spacial score (nSPS) is 24.0. The summed E-state index contributed by atoms with van der Waals surface area (Å²) >= 11 is 0. The number of hydrogen-bond donors (Lipinski definition) is 3. The zero-order valence-electron chi connectivity index (χ0n) is 10.0. The summed E-state index contributed by atoms with van der Waals surface area (Å²) in [6, 6.07) is -0.472. The summed E-state index contributed by atoms with van der Waals surface area (Å²) in [7, 11) is 1.48. The Morgan fingerprint density at radius 3 is 2.94 bits per heavy atom. The van der Waals surface area contributed by atoms with Crippen LogP contribution in [0.2, 0.25) is 0 Å². The molecule has 0 bridgehead atoms. The van der Waals surface area contributed by atoms with Gasteiger partial charge in [0.15, 0.2) is 0 Å². The Balaban J connectivity index is 2.52. The molecule has 2 amide bonds. The van der Waals surface area contributed by atoms with Crippen LogP contribution in [0.25, 0.3) is 0 Å². The third-order valence-electron chi connectivity index (χ3n) is 2.78. The number of amides is 2. The lowest BCUT2D eigenvalue weighted by Crippen LogP contribution is -2.53. The number of carbonyl (C=O) groups excluding carboxylic acids is 2. The zero-order valence-corrected chi connectivity index (χ0v) is 10.0. The van der Waals surface area contributed by atoms with Gasteiger partial charge in [-0.3, -0.25) is 14.5 Å². The summed E-state index contributed by atoms with van der Waals surface area (Å²) in [5, 5.41) is 14.4. The van der Waals surface area contributed by atoms with E-state index in [0.29, 0.717) is 19.3 Å². The number of imide groups is 1. The largest absolute Gasteiger partial charge is 0.409 e. The first-order valence-electron chi connectivity index (χ1n) is 5.48. The van der Waals surface area contributed by atoms with Crippen LogP contribution in [0, 0.1) is 0 Å². The second-order valence-electron chi connectivity index (χ2n) is 4.25. The van der Waals surface area contributed by atoms with Gasteiger partial charge < -0.3 is 16.3 Å². The van der Waals surface area contributed by atoms with Crippen molar-refractivity contribution in [2.75, 3.05) is 7.05 Å². The molecule has 2 atom stereocenters. The second kappa shape index (κ2) is 5.62. The van der Waals surface area contributed by atoms with Crippen molar-refractivity contribution in [2.45, 2.75) is 38.3 Å². The van der Waals surface area contributed by atoms with Crippen LogP contribution in [0.5, 0.6) is 0 Å². The van der Waals surface area contributed by atoms with Gasteiger partial charge in [-0.2, -0.15) is 0 Å². The zero-order chi connectivity index (χ0) is 13.0. The van der Waals surface area contributed by atoms with Crippen molar-refractivity contribution < 1.29 is 14.8 Å². The van der Waals surface area contributed by atoms with Crippen LogP contribution in [-0.4, -0.2) is 46.9 Å². The van der Waals surface area contributed by atoms with E-state index in [2.05, 4.69) is 10.5 Å². The lowest BCUT2D eigenvalue weighted by atomic mass is 10.0. The Bertz CT molecular complexity index is 342. The van der Waals surface area contributed by atoms with Crippen molar-refractivity contribution in [3.8, 4) is 0 Å². The minimum absolute atomic E-state index is 0.0959. The molecule has 1 saturated heterocycles. The lowest BCUT2D eigenvalue weighted by Gasteiger charge is -2.30. The van der Waals surface area contributed by atoms with Crippen molar-refractivity contribution >= 4 is 17.6 Å². The molecule has 17 heavy (non-hydrogen) atoms. The lowest BCUT2D eigenvalue weighted by molar-refractivity contribution is -0.148. The number of piperidine rings is 1. The molecule has 1 rings (SSSR count). The molecule has 0 spiro atoms. The fraction of sp³-hybridized carbons (Fsp3) is 0.700. The van der Waals surface area contributed by atoms with E-state index in [1.165, 1.54) is 7.05 Å². The Morgan fingerprint density at radius 2 is 2.35 bits per heavy atom. The highest BCUT2D eigenvalue weighted by Crippen LogP contribution is 2.12. The van der Waals surface area contributed by atoms with Crippen molar-refractivity contribution in [3.63, 3.8) is 0 Å². The average Bonchev–Trinajstić information content (AvgIpc) is 2.29. The molecule has 0 aliphatic carbocycles. The number of oxime groups is 1. The highest BCUT2D eigenvalue weighted by atomic mass is 16.4. The fourth-order valence-electron chi connectivity index (χ4n) is 1.83. The second-order valence-corrected chi connectivity index (χ2v) is 4.25. The SMILES string of the molecule is CC(CC(N)=NO)NC1CCC(=O)N(C)C1=O. The highest BCUT2D eigenvalue weighted by Gasteiger charge is 2.32. The van der Waals surface area contributed by atoms with Gasteiger partial charge in [0.25, 0.3) is 0 Å². The van der Waals surface area contributed by atoms with Gasteiger partial charge >= 0.3 is 0 Å². The van der Waals surface area contributed by atoms with Gasteiger partial charge in [0, 0.05) is 25.9 Å². The van der Waals surface area contributed by atoms with Gasteiger partial charge in [-0.05, 0) is 13.3 Å². The molecule has 2 unspecified atom stereocenters. The van der Waals surface area contributed by atoms with Crippen molar-refractivity contribution in [1.29, 1.82) is 0 Å². The molecule has 7 heteroatoms. The average molecular weight is 242 g/mol. The maximum absolute atomic E-state index is 11.8. The molecule has 1 aliphatic heterocycles. The smallest absolute Gasteiger partial charge is 0.246 e. The maximum atomic E-state index is 11.8. The Hall–Kier alpha value is -1.63. The number of nitrogens with two attached hydrogens (primary N) is 1. The predicted octanol–water partition coefficient (Wildman–Crippen LogP) is -0.752. The number of rotatable bonds is 4. The van der Waals surface area contributed by atoms with Crippen LogP contribution in [0.1, 0.15) is 26.2 Å². The summed E-state index contributed by atoms with van der Waals surface area (Å²) in [6.07, 6.45) is 1.19. The summed E-state index contributed by atoms with van der Waals surface area (Å²) in [5.74, 6) is -0.276. The van der Waals surface area contributed by atoms with Gasteiger partial charge in [0.1, 0.15) is 5.84 Å². The van der Waals surface area contributed by atoms with Gasteiger partial charge in [-0.15, -0.1) is 0 Å². The number of nitrogens with zero attached hydrogens (tertiary/aromatic N) is 2. The first-order valence-corrected chi connectivity index (χ1v) is 5.48. The topological polar surface area (TPSA) is 108 Å². The minimum Gasteiger partial charge on any atom is -0.409 e. The van der Waals surface area contributed by atoms with Crippen LogP contribution in [-0.2, 0) is 9.59 Å². The molecule has 0 aromatic rings. The first-order chi connectivity index (χ1) is 7.95. The number of amidine groups is 1. The number of likely N-dealkylation sites (tertiary alicyclic amines) is 1. The Kier molecular flexibility index (Phi) is 4.45. The molecule has 1 aliphatic rings. The van der Waals surface area contributed by atoms with Crippen molar-refractivity contribution in [3.05, 3.63) is 0 Å². The first kappa shape index (κ1) is 13.4. The third-order valence-corrected chi connectivity index (χ3v) is 2.78. The molecule has 0 radical (unpaired) electrons. The standard InChI is InChI=1S/C10H18N4O3/c1-6(5-8(11)13-17)12-7-3-4-9(15)14(2)10(7)16/h6-7,12,17H,3-5H2,1-2H3,(H2,11,13). The molecule has 0 aromatic heterocycles. The van der Waals surface area contributed by atoms with Gasteiger partial charge in [-0.25, -0.2) is 0 Å². The van der Waals surface area contributed by atoms with E-state index < -0.39 is 0 Å². The summed E-state index contributed by atoms with van der Waals surface area (Å²) in [5.41, 5.74) is 5.37. The van der Waals surface area contributed by atoms with Crippen molar-refractivity contribution in [1.82, 2.24) is 10.2 Å². The quantitative estimate of drug-likeness (QED) is 0.198. The van der Waals surface area contributed by atoms with E-state index in [1.54, 1.807) is 0 Å². The van der Waals surface area contributed by atoms with E-state index in [4.69, 9.17) is 10.9 Å². The molecule has 1 heterocycles. The minimum atomic E-state index is -0.376. The van der Waals surface area contributed by atoms with E-state index in [1.807, 2.05) is 6.92 Å². The molecule has 0 aromatic carbocycles. The molecule has 0 saturated carbocycles. The summed E-state index contributed by atoms with van der Waals surface area (Å²) in [4.78, 5) is 24.2. The Labute approximate surface area is 99.6 Å². The van der Waals surface area contributed by atoms with Crippen molar-refractivity contribution in [2.24, 2.45) is 10.9 Å². The molecular formula is C10H18N4O3. The van der Waals surface area contributed by atoms with E-state index in [9.17, 15) is 9.59 Å². The van der Waals surface area contributed by atoms with E-state index in [-0.39, 0.29) is 29.7 Å². The number of nitrogens with one attached hydrogen (secondary N) is 1. The number of likely N-dealkylation sites (N-methyl/N-ethyl adjacent to an activating group) is 1.